The van der Waals surface area contributed by atoms with Gasteiger partial charge in [0.25, 0.3) is 0 Å². The van der Waals surface area contributed by atoms with Crippen LogP contribution in [0, 0.1) is 22.2 Å². The number of hydrogen-bond acceptors (Lipinski definition) is 9. The molecule has 2 aromatic rings. The van der Waals surface area contributed by atoms with E-state index in [1.54, 1.807) is 6.20 Å². The summed E-state index contributed by atoms with van der Waals surface area (Å²) in [5.74, 6) is 1.92. The van der Waals surface area contributed by atoms with Crippen molar-refractivity contribution in [2.75, 3.05) is 65.6 Å². The zero-order valence-electron chi connectivity index (χ0n) is 31.5. The van der Waals surface area contributed by atoms with Crippen molar-refractivity contribution in [2.24, 2.45) is 10.8 Å². The topological polar surface area (TPSA) is 147 Å². The Hall–Kier alpha value is -3.84. The average Bonchev–Trinajstić information content (AvgIpc) is 3.97. The van der Waals surface area contributed by atoms with Crippen LogP contribution in [0.15, 0.2) is 12.4 Å². The minimum Gasteiger partial charge on any atom is -0.450 e. The van der Waals surface area contributed by atoms with E-state index in [-0.39, 0.29) is 32.4 Å². The van der Waals surface area contributed by atoms with Crippen molar-refractivity contribution in [3.05, 3.63) is 35.4 Å². The number of rotatable bonds is 6. The van der Waals surface area contributed by atoms with Gasteiger partial charge in [-0.05, 0) is 115 Å². The maximum Gasteiger partial charge on any atom is 0.432 e. The predicted octanol–water partition coefficient (Wildman–Crippen LogP) is 6.97. The van der Waals surface area contributed by atoms with Crippen LogP contribution in [0.25, 0.3) is 0 Å². The fourth-order valence-corrected chi connectivity index (χ4v) is 10.0. The molecule has 306 valence electrons. The van der Waals surface area contributed by atoms with E-state index >= 15 is 0 Å². The molecule has 8 rings (SSSR count). The minimum atomic E-state index is -4.37. The van der Waals surface area contributed by atoms with E-state index in [1.807, 2.05) is 23.6 Å². The molecule has 4 saturated heterocycles. The third-order valence-corrected chi connectivity index (χ3v) is 13.1. The van der Waals surface area contributed by atoms with Crippen molar-refractivity contribution in [1.82, 2.24) is 39.5 Å². The highest BCUT2D eigenvalue weighted by molar-refractivity contribution is 5.68. The molecule has 0 aromatic carbocycles. The number of hydrogen-bond donors (Lipinski definition) is 2. The Morgan fingerprint density at radius 3 is 1.62 bits per heavy atom. The first kappa shape index (κ1) is 40.8. The molecule has 6 aliphatic rings. The van der Waals surface area contributed by atoms with Gasteiger partial charge in [-0.15, -0.1) is 0 Å². The smallest absolute Gasteiger partial charge is 0.432 e. The molecule has 6 fully saturated rings. The second-order valence-electron chi connectivity index (χ2n) is 16.5. The highest BCUT2D eigenvalue weighted by Crippen LogP contribution is 2.52. The first-order valence-corrected chi connectivity index (χ1v) is 19.8. The molecule has 2 aromatic heterocycles. The van der Waals surface area contributed by atoms with E-state index in [1.165, 1.54) is 12.8 Å². The number of nitrogens with zero attached hydrogens (tertiary/aromatic N) is 7. The molecule has 6 heterocycles. The summed E-state index contributed by atoms with van der Waals surface area (Å²) in [5, 5.41) is 8.93. The van der Waals surface area contributed by atoms with Crippen LogP contribution in [0.1, 0.15) is 122 Å². The van der Waals surface area contributed by atoms with Crippen LogP contribution < -0.4 is 0 Å². The molecule has 4 aliphatic heterocycles. The van der Waals surface area contributed by atoms with E-state index in [4.69, 9.17) is 14.7 Å². The third-order valence-electron chi connectivity index (χ3n) is 13.1. The number of piperidine rings is 2. The Morgan fingerprint density at radius 2 is 1.24 bits per heavy atom. The maximum absolute atomic E-state index is 12.7. The van der Waals surface area contributed by atoms with Crippen molar-refractivity contribution >= 4 is 12.2 Å². The number of alkyl halides is 3. The largest absolute Gasteiger partial charge is 0.450 e. The monoisotopic (exact) mass is 776 g/mol. The Bertz CT molecular complexity index is 1650. The fraction of sp³-hybridized carbons (Fsp3) is 0.769. The molecule has 16 heteroatoms. The number of carbonyl (C=O) groups excluding carboxylic acids is 2. The lowest BCUT2D eigenvalue weighted by molar-refractivity contribution is -0.141. The SMILES string of the molecule is C.CCOC(=O)N1CCC2(CC(N3CCC(c4ncc(C#N)[nH]4)CC3)C2)C1.CCOC(=O)N1CCC2(CC(N3CCC(c4ncc(C(F)(F)F)[nH]4)CC3)C2)C1.[2HH]. The van der Waals surface area contributed by atoms with Gasteiger partial charge < -0.3 is 39.0 Å². The number of H-pyrrole nitrogens is 2. The second kappa shape index (κ2) is 16.7. The lowest BCUT2D eigenvalue weighted by Crippen LogP contribution is -2.54. The number of imidazole rings is 2. The summed E-state index contributed by atoms with van der Waals surface area (Å²) < 4.78 is 48.5. The molecule has 0 atom stereocenters. The van der Waals surface area contributed by atoms with Crippen LogP contribution in [-0.4, -0.2) is 129 Å². The van der Waals surface area contributed by atoms with E-state index in [2.05, 4.69) is 35.8 Å². The molecule has 13 nitrogen and oxygen atoms in total. The summed E-state index contributed by atoms with van der Waals surface area (Å²) in [5.41, 5.74) is 0.349. The summed E-state index contributed by atoms with van der Waals surface area (Å²) in [6.45, 7) is 11.7. The number of aromatic amines is 2. The standard InChI is InChI=1S/C19H27F3N4O2.C19H27N5O2.CH4.H2/c1-2-28-17(27)26-8-5-18(12-26)9-14(10-18)25-6-3-13(4-7-25)16-23-11-15(24-16)19(20,21)22;1-2-26-18(25)24-8-5-19(13-24)9-16(10-19)23-6-3-14(4-7-23)17-21-12-15(11-20)22-17;;/h11,13-14H,2-10,12H2,1H3,(H,23,24);12,14,16H,2-10,13H2,1H3,(H,21,22);1H4;1H/i;;;1+1. The quantitative estimate of drug-likeness (QED) is 0.318. The van der Waals surface area contributed by atoms with E-state index in [0.717, 1.165) is 116 Å². The number of carbonyl (C=O) groups is 2. The number of halogens is 3. The van der Waals surface area contributed by atoms with Crippen LogP contribution in [0.5, 0.6) is 0 Å². The summed E-state index contributed by atoms with van der Waals surface area (Å²) in [6, 6.07) is 3.29. The molecule has 0 unspecified atom stereocenters. The van der Waals surface area contributed by atoms with Gasteiger partial charge in [0, 0.05) is 51.5 Å². The fourth-order valence-electron chi connectivity index (χ4n) is 10.0. The third kappa shape index (κ3) is 8.93. The van der Waals surface area contributed by atoms with Gasteiger partial charge in [-0.2, -0.15) is 18.4 Å². The first-order chi connectivity index (χ1) is 25.9. The summed E-state index contributed by atoms with van der Waals surface area (Å²) in [4.78, 5) is 46.5. The highest BCUT2D eigenvalue weighted by atomic mass is 19.4. The lowest BCUT2D eigenvalue weighted by Gasteiger charge is -2.51. The maximum atomic E-state index is 12.7. The first-order valence-electron chi connectivity index (χ1n) is 19.8. The van der Waals surface area contributed by atoms with Gasteiger partial charge in [0.1, 0.15) is 29.1 Å². The normalized spacial score (nSPS) is 28.9. The lowest BCUT2D eigenvalue weighted by atomic mass is 9.64. The molecule has 0 radical (unpaired) electrons. The number of aromatic nitrogens is 4. The van der Waals surface area contributed by atoms with Gasteiger partial charge in [0.05, 0.1) is 25.6 Å². The molecule has 2 saturated carbocycles. The molecular weight excluding hydrogens is 715 g/mol. The van der Waals surface area contributed by atoms with Crippen LogP contribution in [0.4, 0.5) is 22.8 Å². The van der Waals surface area contributed by atoms with Gasteiger partial charge in [0.2, 0.25) is 0 Å². The minimum absolute atomic E-state index is 0. The number of nitrogens with one attached hydrogen (secondary N) is 2. The molecule has 0 bridgehead atoms. The number of amides is 2. The number of ether oxygens (including phenoxy) is 2. The van der Waals surface area contributed by atoms with Crippen molar-refractivity contribution in [3.8, 4) is 6.07 Å². The second-order valence-corrected chi connectivity index (χ2v) is 16.5. The highest BCUT2D eigenvalue weighted by Gasteiger charge is 2.53. The van der Waals surface area contributed by atoms with Crippen molar-refractivity contribution in [1.29, 1.82) is 5.26 Å². The van der Waals surface area contributed by atoms with Gasteiger partial charge in [-0.25, -0.2) is 19.6 Å². The Kier molecular flexibility index (Phi) is 12.4. The predicted molar refractivity (Wildman–Crippen MR) is 200 cm³/mol. The van der Waals surface area contributed by atoms with E-state index < -0.39 is 11.9 Å². The molecular formula is C39H60F3N9O4. The van der Waals surface area contributed by atoms with Gasteiger partial charge in [-0.3, -0.25) is 0 Å². The zero-order valence-corrected chi connectivity index (χ0v) is 31.5. The molecule has 2 spiro atoms. The Labute approximate surface area is 323 Å². The number of nitriles is 1. The Balaban J connectivity index is 0.000000207. The van der Waals surface area contributed by atoms with Gasteiger partial charge in [-0.1, -0.05) is 7.43 Å². The van der Waals surface area contributed by atoms with Gasteiger partial charge >= 0.3 is 18.4 Å². The van der Waals surface area contributed by atoms with Crippen LogP contribution in [0.3, 0.4) is 0 Å². The van der Waals surface area contributed by atoms with Gasteiger partial charge in [0.15, 0.2) is 0 Å². The van der Waals surface area contributed by atoms with Crippen LogP contribution >= 0.6 is 0 Å². The van der Waals surface area contributed by atoms with E-state index in [0.29, 0.717) is 48.1 Å². The summed E-state index contributed by atoms with van der Waals surface area (Å²) in [6.07, 6.45) is 8.36. The summed E-state index contributed by atoms with van der Waals surface area (Å²) in [7, 11) is 0. The zero-order chi connectivity index (χ0) is 38.1. The number of likely N-dealkylation sites (tertiary alicyclic amines) is 4. The Morgan fingerprint density at radius 1 is 0.800 bits per heavy atom. The molecule has 2 aliphatic carbocycles. The van der Waals surface area contributed by atoms with Crippen LogP contribution in [0.2, 0.25) is 0 Å². The average molecular weight is 777 g/mol. The van der Waals surface area contributed by atoms with Crippen molar-refractivity contribution < 1.29 is 33.7 Å². The van der Waals surface area contributed by atoms with Crippen molar-refractivity contribution in [3.63, 3.8) is 0 Å². The molecule has 2 N–H and O–H groups in total. The van der Waals surface area contributed by atoms with E-state index in [9.17, 15) is 22.8 Å². The van der Waals surface area contributed by atoms with Crippen molar-refractivity contribution in [2.45, 2.75) is 116 Å². The summed E-state index contributed by atoms with van der Waals surface area (Å²) >= 11 is 0. The molecule has 55 heavy (non-hydrogen) atoms. The van der Waals surface area contributed by atoms with Crippen LogP contribution in [-0.2, 0) is 15.7 Å². The molecule has 2 amide bonds.